The molecule has 0 unspecified atom stereocenters. The Morgan fingerprint density at radius 3 is 2.57 bits per heavy atom. The van der Waals surface area contributed by atoms with Gasteiger partial charge in [-0.05, 0) is 36.2 Å². The van der Waals surface area contributed by atoms with E-state index in [0.717, 1.165) is 11.3 Å². The monoisotopic (exact) mass is 384 g/mol. The molecule has 0 spiro atoms. The number of carbonyl (C=O) groups excluding carboxylic acids is 2. The highest BCUT2D eigenvalue weighted by molar-refractivity contribution is 6.00. The molecule has 1 heterocycles. The fourth-order valence-corrected chi connectivity index (χ4v) is 2.71. The van der Waals surface area contributed by atoms with Crippen LogP contribution in [-0.4, -0.2) is 25.7 Å². The van der Waals surface area contributed by atoms with E-state index in [2.05, 4.69) is 10.6 Å². The topological polar surface area (TPSA) is 85.9 Å². The van der Waals surface area contributed by atoms with Crippen LogP contribution in [0.15, 0.2) is 36.4 Å². The van der Waals surface area contributed by atoms with Gasteiger partial charge in [-0.25, -0.2) is 0 Å². The number of hydrogen-bond donors (Lipinski definition) is 2. The van der Waals surface area contributed by atoms with E-state index in [4.69, 9.17) is 14.2 Å². The minimum absolute atomic E-state index is 0.135. The Kier molecular flexibility index (Phi) is 6.03. The van der Waals surface area contributed by atoms with Gasteiger partial charge in [0.05, 0.1) is 18.5 Å². The Bertz CT molecular complexity index is 879. The van der Waals surface area contributed by atoms with Crippen molar-refractivity contribution in [3.63, 3.8) is 0 Å². The van der Waals surface area contributed by atoms with Crippen LogP contribution in [0.2, 0.25) is 0 Å². The van der Waals surface area contributed by atoms with Crippen molar-refractivity contribution in [2.24, 2.45) is 5.92 Å². The maximum atomic E-state index is 12.4. The van der Waals surface area contributed by atoms with Gasteiger partial charge in [-0.2, -0.15) is 0 Å². The lowest BCUT2D eigenvalue weighted by atomic mass is 10.1. The number of ether oxygens (including phenoxy) is 3. The van der Waals surface area contributed by atoms with E-state index in [1.165, 1.54) is 0 Å². The van der Waals surface area contributed by atoms with Crippen LogP contribution in [-0.2, 0) is 16.0 Å². The van der Waals surface area contributed by atoms with Crippen molar-refractivity contribution >= 4 is 23.2 Å². The normalized spacial score (nSPS) is 12.0. The van der Waals surface area contributed by atoms with Gasteiger partial charge in [-0.3, -0.25) is 9.59 Å². The molecule has 0 aliphatic carbocycles. The molecule has 7 heteroatoms. The summed E-state index contributed by atoms with van der Waals surface area (Å²) in [6.45, 7) is 3.83. The second kappa shape index (κ2) is 8.65. The lowest BCUT2D eigenvalue weighted by Gasteiger charge is -2.15. The number of benzene rings is 2. The van der Waals surface area contributed by atoms with E-state index >= 15 is 0 Å². The lowest BCUT2D eigenvalue weighted by Crippen LogP contribution is -2.20. The zero-order valence-corrected chi connectivity index (χ0v) is 16.2. The maximum Gasteiger partial charge on any atom is 0.231 e. The van der Waals surface area contributed by atoms with Crippen molar-refractivity contribution < 1.29 is 23.8 Å². The van der Waals surface area contributed by atoms with Gasteiger partial charge in [0.15, 0.2) is 11.5 Å². The zero-order valence-electron chi connectivity index (χ0n) is 16.2. The molecule has 148 valence electrons. The number of amides is 2. The SMILES string of the molecule is COc1ccc(NC(=O)CCc2ccc3c(c2)OCO3)c(NC(=O)C(C)C)c1. The Labute approximate surface area is 164 Å². The second-order valence-corrected chi connectivity index (χ2v) is 6.79. The maximum absolute atomic E-state index is 12.4. The van der Waals surface area contributed by atoms with Crippen LogP contribution in [0.1, 0.15) is 25.8 Å². The quantitative estimate of drug-likeness (QED) is 0.762. The first kappa shape index (κ1) is 19.5. The van der Waals surface area contributed by atoms with Gasteiger partial charge in [0.25, 0.3) is 0 Å². The fraction of sp³-hybridized carbons (Fsp3) is 0.333. The Morgan fingerprint density at radius 2 is 1.82 bits per heavy atom. The summed E-state index contributed by atoms with van der Waals surface area (Å²) in [6.07, 6.45) is 0.857. The molecule has 2 aromatic carbocycles. The summed E-state index contributed by atoms with van der Waals surface area (Å²) in [5.74, 6) is 1.55. The van der Waals surface area contributed by atoms with Gasteiger partial charge in [0.1, 0.15) is 5.75 Å². The van der Waals surface area contributed by atoms with Crippen molar-refractivity contribution in [3.05, 3.63) is 42.0 Å². The van der Waals surface area contributed by atoms with Crippen LogP contribution >= 0.6 is 0 Å². The minimum Gasteiger partial charge on any atom is -0.497 e. The molecule has 3 rings (SSSR count). The molecule has 0 atom stereocenters. The molecule has 2 N–H and O–H groups in total. The Balaban J connectivity index is 1.65. The van der Waals surface area contributed by atoms with Crippen LogP contribution in [0.5, 0.6) is 17.2 Å². The molecule has 0 saturated carbocycles. The molecule has 0 saturated heterocycles. The van der Waals surface area contributed by atoms with Gasteiger partial charge in [0.2, 0.25) is 18.6 Å². The van der Waals surface area contributed by atoms with Crippen LogP contribution in [0.4, 0.5) is 11.4 Å². The van der Waals surface area contributed by atoms with Crippen LogP contribution in [0.25, 0.3) is 0 Å². The van der Waals surface area contributed by atoms with Gasteiger partial charge in [0, 0.05) is 18.4 Å². The van der Waals surface area contributed by atoms with Crippen molar-refractivity contribution in [2.45, 2.75) is 26.7 Å². The number of methoxy groups -OCH3 is 1. The second-order valence-electron chi connectivity index (χ2n) is 6.79. The molecule has 0 bridgehead atoms. The number of carbonyl (C=O) groups is 2. The van der Waals surface area contributed by atoms with E-state index in [-0.39, 0.29) is 24.5 Å². The van der Waals surface area contributed by atoms with E-state index in [0.29, 0.717) is 35.7 Å². The van der Waals surface area contributed by atoms with Crippen molar-refractivity contribution in [3.8, 4) is 17.2 Å². The average Bonchev–Trinajstić information content (AvgIpc) is 3.15. The summed E-state index contributed by atoms with van der Waals surface area (Å²) in [6, 6.07) is 10.8. The highest BCUT2D eigenvalue weighted by Crippen LogP contribution is 2.33. The van der Waals surface area contributed by atoms with E-state index in [1.54, 1.807) is 39.2 Å². The van der Waals surface area contributed by atoms with Crippen LogP contribution in [0.3, 0.4) is 0 Å². The summed E-state index contributed by atoms with van der Waals surface area (Å²) in [4.78, 5) is 24.5. The largest absolute Gasteiger partial charge is 0.497 e. The fourth-order valence-electron chi connectivity index (χ4n) is 2.71. The zero-order chi connectivity index (χ0) is 20.1. The molecule has 7 nitrogen and oxygen atoms in total. The molecule has 28 heavy (non-hydrogen) atoms. The molecule has 2 aromatic rings. The van der Waals surface area contributed by atoms with E-state index < -0.39 is 0 Å². The van der Waals surface area contributed by atoms with E-state index in [1.807, 2.05) is 18.2 Å². The van der Waals surface area contributed by atoms with Gasteiger partial charge >= 0.3 is 0 Å². The Morgan fingerprint density at radius 1 is 1.04 bits per heavy atom. The molecule has 1 aliphatic heterocycles. The summed E-state index contributed by atoms with van der Waals surface area (Å²) < 4.78 is 15.9. The number of hydrogen-bond acceptors (Lipinski definition) is 5. The smallest absolute Gasteiger partial charge is 0.231 e. The summed E-state index contributed by atoms with van der Waals surface area (Å²) in [5.41, 5.74) is 2.03. The predicted octanol–water partition coefficient (Wildman–Crippen LogP) is 3.59. The standard InChI is InChI=1S/C21H24N2O5/c1-13(2)21(25)23-17-11-15(26-3)6-7-16(17)22-20(24)9-5-14-4-8-18-19(10-14)28-12-27-18/h4,6-8,10-11,13H,5,9,12H2,1-3H3,(H,22,24)(H,23,25). The van der Waals surface area contributed by atoms with Crippen molar-refractivity contribution in [1.29, 1.82) is 0 Å². The molecule has 0 fully saturated rings. The number of nitrogens with one attached hydrogen (secondary N) is 2. The number of rotatable bonds is 7. The third kappa shape index (κ3) is 4.73. The van der Waals surface area contributed by atoms with Gasteiger partial charge in [-0.15, -0.1) is 0 Å². The van der Waals surface area contributed by atoms with Gasteiger partial charge < -0.3 is 24.8 Å². The Hall–Kier alpha value is -3.22. The van der Waals surface area contributed by atoms with E-state index in [9.17, 15) is 9.59 Å². The summed E-state index contributed by atoms with van der Waals surface area (Å²) >= 11 is 0. The first-order chi connectivity index (χ1) is 13.5. The van der Waals surface area contributed by atoms with Gasteiger partial charge in [-0.1, -0.05) is 19.9 Å². The number of anilines is 2. The first-order valence-electron chi connectivity index (χ1n) is 9.13. The molecule has 0 aromatic heterocycles. The first-order valence-corrected chi connectivity index (χ1v) is 9.13. The average molecular weight is 384 g/mol. The highest BCUT2D eigenvalue weighted by atomic mass is 16.7. The molecular formula is C21H24N2O5. The molecular weight excluding hydrogens is 360 g/mol. The number of fused-ring (bicyclic) bond motifs is 1. The summed E-state index contributed by atoms with van der Waals surface area (Å²) in [5, 5.41) is 5.69. The molecule has 1 aliphatic rings. The van der Waals surface area contributed by atoms with Crippen LogP contribution in [0, 0.1) is 5.92 Å². The summed E-state index contributed by atoms with van der Waals surface area (Å²) in [7, 11) is 1.55. The van der Waals surface area contributed by atoms with Crippen molar-refractivity contribution in [2.75, 3.05) is 24.5 Å². The van der Waals surface area contributed by atoms with Crippen LogP contribution < -0.4 is 24.8 Å². The lowest BCUT2D eigenvalue weighted by molar-refractivity contribution is -0.119. The third-order valence-electron chi connectivity index (χ3n) is 4.36. The third-order valence-corrected chi connectivity index (χ3v) is 4.36. The predicted molar refractivity (Wildman–Crippen MR) is 106 cm³/mol. The minimum atomic E-state index is -0.180. The van der Waals surface area contributed by atoms with Crippen molar-refractivity contribution in [1.82, 2.24) is 0 Å². The molecule has 2 amide bonds. The molecule has 0 radical (unpaired) electrons. The highest BCUT2D eigenvalue weighted by Gasteiger charge is 2.15. The number of aryl methyl sites for hydroxylation is 1.